The van der Waals surface area contributed by atoms with E-state index >= 15 is 0 Å². The van der Waals surface area contributed by atoms with Crippen molar-refractivity contribution in [2.45, 2.75) is 6.54 Å². The fourth-order valence-electron chi connectivity index (χ4n) is 2.81. The topological polar surface area (TPSA) is 59.5 Å². The van der Waals surface area contributed by atoms with Crippen molar-refractivity contribution in [1.82, 2.24) is 9.88 Å². The van der Waals surface area contributed by atoms with Gasteiger partial charge in [0.2, 0.25) is 0 Å². The number of benzene rings is 2. The lowest BCUT2D eigenvalue weighted by Crippen LogP contribution is -2.29. The number of para-hydroxylation sites is 1. The molecule has 6 heteroatoms. The van der Waals surface area contributed by atoms with Gasteiger partial charge in [-0.25, -0.2) is 0 Å². The third kappa shape index (κ3) is 2.93. The summed E-state index contributed by atoms with van der Waals surface area (Å²) in [4.78, 5) is 30.5. The highest BCUT2D eigenvalue weighted by atomic mass is 35.5. The van der Waals surface area contributed by atoms with Crippen molar-refractivity contribution >= 4 is 23.4 Å². The summed E-state index contributed by atoms with van der Waals surface area (Å²) < 4.78 is 5.75. The molecular formula is C20H13ClN2O3. The zero-order chi connectivity index (χ0) is 18.1. The molecule has 0 N–H and O–H groups in total. The van der Waals surface area contributed by atoms with Gasteiger partial charge in [-0.05, 0) is 42.0 Å². The molecule has 4 rings (SSSR count). The van der Waals surface area contributed by atoms with Crippen molar-refractivity contribution in [3.63, 3.8) is 0 Å². The Balaban J connectivity index is 1.61. The molecule has 0 saturated heterocycles. The standard InChI is InChI=1S/C20H13ClN2O3/c21-17-5-1-2-6-18(17)26-14-7-8-15-16(10-14)20(25)23(19(15)24)12-13-4-3-9-22-11-13/h1-11H,12H2. The second-order valence-corrected chi connectivity index (χ2v) is 6.20. The molecule has 0 aliphatic carbocycles. The molecule has 26 heavy (non-hydrogen) atoms. The summed E-state index contributed by atoms with van der Waals surface area (Å²) in [6.45, 7) is 0.181. The number of fused-ring (bicyclic) bond motifs is 1. The van der Waals surface area contributed by atoms with Crippen LogP contribution in [0.25, 0.3) is 0 Å². The van der Waals surface area contributed by atoms with Crippen molar-refractivity contribution in [2.75, 3.05) is 0 Å². The first-order valence-corrected chi connectivity index (χ1v) is 8.33. The van der Waals surface area contributed by atoms with Gasteiger partial charge in [-0.15, -0.1) is 0 Å². The number of aromatic nitrogens is 1. The Kier molecular flexibility index (Phi) is 4.14. The lowest BCUT2D eigenvalue weighted by Gasteiger charge is -2.13. The summed E-state index contributed by atoms with van der Waals surface area (Å²) in [6.07, 6.45) is 3.28. The van der Waals surface area contributed by atoms with Gasteiger partial charge in [-0.1, -0.05) is 29.8 Å². The van der Waals surface area contributed by atoms with Crippen LogP contribution in [0.2, 0.25) is 5.02 Å². The molecule has 0 radical (unpaired) electrons. The van der Waals surface area contributed by atoms with E-state index in [1.54, 1.807) is 60.9 Å². The summed E-state index contributed by atoms with van der Waals surface area (Å²) in [6, 6.07) is 15.5. The van der Waals surface area contributed by atoms with Crippen molar-refractivity contribution < 1.29 is 14.3 Å². The first kappa shape index (κ1) is 16.3. The number of nitrogens with zero attached hydrogens (tertiary/aromatic N) is 2. The van der Waals surface area contributed by atoms with Crippen LogP contribution in [0, 0.1) is 0 Å². The molecule has 2 amide bonds. The van der Waals surface area contributed by atoms with Crippen LogP contribution in [0.1, 0.15) is 26.3 Å². The zero-order valence-electron chi connectivity index (χ0n) is 13.6. The Hall–Kier alpha value is -3.18. The normalized spacial score (nSPS) is 13.0. The first-order valence-electron chi connectivity index (χ1n) is 7.95. The molecule has 3 aromatic rings. The van der Waals surface area contributed by atoms with Gasteiger partial charge >= 0.3 is 0 Å². The number of carbonyl (C=O) groups excluding carboxylic acids is 2. The van der Waals surface area contributed by atoms with Crippen LogP contribution in [-0.2, 0) is 6.54 Å². The monoisotopic (exact) mass is 364 g/mol. The van der Waals surface area contributed by atoms with Crippen LogP contribution in [-0.4, -0.2) is 21.7 Å². The van der Waals surface area contributed by atoms with Gasteiger partial charge in [-0.3, -0.25) is 19.5 Å². The van der Waals surface area contributed by atoms with Crippen LogP contribution in [0.3, 0.4) is 0 Å². The van der Waals surface area contributed by atoms with Gasteiger partial charge in [0.1, 0.15) is 11.5 Å². The fraction of sp³-hybridized carbons (Fsp3) is 0.0500. The van der Waals surface area contributed by atoms with Gasteiger partial charge in [0, 0.05) is 12.4 Å². The average Bonchev–Trinajstić information content (AvgIpc) is 2.89. The van der Waals surface area contributed by atoms with Gasteiger partial charge in [0.15, 0.2) is 0 Å². The number of carbonyl (C=O) groups is 2. The van der Waals surface area contributed by atoms with Crippen molar-refractivity contribution in [3.05, 3.63) is 88.7 Å². The Bertz CT molecular complexity index is 1000. The van der Waals surface area contributed by atoms with E-state index in [4.69, 9.17) is 16.3 Å². The molecule has 128 valence electrons. The Morgan fingerprint density at radius 3 is 2.54 bits per heavy atom. The molecule has 0 atom stereocenters. The molecule has 2 heterocycles. The second kappa shape index (κ2) is 6.61. The van der Waals surface area contributed by atoms with Crippen LogP contribution >= 0.6 is 11.6 Å². The summed E-state index contributed by atoms with van der Waals surface area (Å²) in [5.41, 5.74) is 1.48. The largest absolute Gasteiger partial charge is 0.456 e. The van der Waals surface area contributed by atoms with Crippen LogP contribution in [0.5, 0.6) is 11.5 Å². The van der Waals surface area contributed by atoms with E-state index in [9.17, 15) is 9.59 Å². The van der Waals surface area contributed by atoms with Crippen LogP contribution < -0.4 is 4.74 Å². The van der Waals surface area contributed by atoms with E-state index in [0.717, 1.165) is 5.56 Å². The predicted molar refractivity (Wildman–Crippen MR) is 96.4 cm³/mol. The smallest absolute Gasteiger partial charge is 0.262 e. The molecule has 0 fully saturated rings. The van der Waals surface area contributed by atoms with Crippen molar-refractivity contribution in [3.8, 4) is 11.5 Å². The summed E-state index contributed by atoms with van der Waals surface area (Å²) >= 11 is 6.10. The zero-order valence-corrected chi connectivity index (χ0v) is 14.3. The predicted octanol–water partition coefficient (Wildman–Crippen LogP) is 4.32. The van der Waals surface area contributed by atoms with Gasteiger partial charge in [0.05, 0.1) is 22.7 Å². The number of rotatable bonds is 4. The maximum absolute atomic E-state index is 12.7. The number of pyridine rings is 1. The summed E-state index contributed by atoms with van der Waals surface area (Å²) in [7, 11) is 0. The lowest BCUT2D eigenvalue weighted by atomic mass is 10.1. The molecule has 1 aliphatic rings. The molecule has 0 unspecified atom stereocenters. The number of amides is 2. The number of halogens is 1. The number of ether oxygens (including phenoxy) is 1. The van der Waals surface area contributed by atoms with E-state index in [0.29, 0.717) is 27.6 Å². The third-order valence-corrected chi connectivity index (χ3v) is 4.38. The van der Waals surface area contributed by atoms with Crippen molar-refractivity contribution in [2.24, 2.45) is 0 Å². The fourth-order valence-corrected chi connectivity index (χ4v) is 2.98. The van der Waals surface area contributed by atoms with E-state index in [1.807, 2.05) is 6.07 Å². The second-order valence-electron chi connectivity index (χ2n) is 5.80. The highest BCUT2D eigenvalue weighted by Crippen LogP contribution is 2.32. The highest BCUT2D eigenvalue weighted by molar-refractivity contribution is 6.32. The van der Waals surface area contributed by atoms with Gasteiger partial charge in [0.25, 0.3) is 11.8 Å². The van der Waals surface area contributed by atoms with E-state index < -0.39 is 0 Å². The molecule has 1 aliphatic heterocycles. The first-order chi connectivity index (χ1) is 12.6. The lowest BCUT2D eigenvalue weighted by molar-refractivity contribution is 0.0642. The number of hydrogen-bond donors (Lipinski definition) is 0. The molecule has 0 bridgehead atoms. The maximum atomic E-state index is 12.7. The van der Waals surface area contributed by atoms with E-state index in [1.165, 1.54) is 4.90 Å². The van der Waals surface area contributed by atoms with Crippen LogP contribution in [0.4, 0.5) is 0 Å². The van der Waals surface area contributed by atoms with Crippen molar-refractivity contribution in [1.29, 1.82) is 0 Å². The highest BCUT2D eigenvalue weighted by Gasteiger charge is 2.35. The molecule has 1 aromatic heterocycles. The molecule has 0 saturated carbocycles. The minimum absolute atomic E-state index is 0.181. The minimum atomic E-state index is -0.349. The summed E-state index contributed by atoms with van der Waals surface area (Å²) in [5.74, 6) is 0.260. The SMILES string of the molecule is O=C1c2ccc(Oc3ccccc3Cl)cc2C(=O)N1Cc1cccnc1. The minimum Gasteiger partial charge on any atom is -0.456 e. The van der Waals surface area contributed by atoms with Crippen LogP contribution in [0.15, 0.2) is 67.0 Å². The molecular weight excluding hydrogens is 352 g/mol. The Morgan fingerprint density at radius 1 is 0.962 bits per heavy atom. The molecule has 0 spiro atoms. The summed E-state index contributed by atoms with van der Waals surface area (Å²) in [5, 5.41) is 0.466. The van der Waals surface area contributed by atoms with Gasteiger partial charge in [-0.2, -0.15) is 0 Å². The van der Waals surface area contributed by atoms with E-state index in [-0.39, 0.29) is 18.4 Å². The van der Waals surface area contributed by atoms with Gasteiger partial charge < -0.3 is 4.74 Å². The molecule has 5 nitrogen and oxygen atoms in total. The quantitative estimate of drug-likeness (QED) is 0.647. The number of imide groups is 1. The average molecular weight is 365 g/mol. The molecule has 2 aromatic carbocycles. The Labute approximate surface area is 154 Å². The third-order valence-electron chi connectivity index (χ3n) is 4.07. The Morgan fingerprint density at radius 2 is 1.77 bits per heavy atom. The maximum Gasteiger partial charge on any atom is 0.262 e. The number of hydrogen-bond acceptors (Lipinski definition) is 4. The van der Waals surface area contributed by atoms with E-state index in [2.05, 4.69) is 4.98 Å².